The Labute approximate surface area is 229 Å². The van der Waals surface area contributed by atoms with E-state index in [2.05, 4.69) is 29.2 Å². The van der Waals surface area contributed by atoms with Gasteiger partial charge in [-0.2, -0.15) is 0 Å². The third-order valence-corrected chi connectivity index (χ3v) is 7.94. The number of amides is 1. The van der Waals surface area contributed by atoms with E-state index in [1.165, 1.54) is 11.3 Å². The summed E-state index contributed by atoms with van der Waals surface area (Å²) in [5.74, 6) is -0.671. The Balaban J connectivity index is 0.00000320. The molecule has 0 spiro atoms. The first kappa shape index (κ1) is 27.2. The summed E-state index contributed by atoms with van der Waals surface area (Å²) in [6.45, 7) is 6.48. The number of aromatic carboxylic acids is 1. The van der Waals surface area contributed by atoms with Gasteiger partial charge in [0.25, 0.3) is 5.91 Å². The molecule has 1 amide bonds. The number of fused-ring (bicyclic) bond motifs is 1. The van der Waals surface area contributed by atoms with Crippen LogP contribution in [0.2, 0.25) is 4.34 Å². The van der Waals surface area contributed by atoms with Gasteiger partial charge in [-0.15, -0.1) is 23.7 Å². The van der Waals surface area contributed by atoms with Crippen LogP contribution in [-0.4, -0.2) is 56.8 Å². The summed E-state index contributed by atoms with van der Waals surface area (Å²) in [6.07, 6.45) is 1.75. The minimum absolute atomic E-state index is 0. The third-order valence-electron chi connectivity index (χ3n) is 6.70. The second-order valence-electron chi connectivity index (χ2n) is 9.32. The lowest BCUT2D eigenvalue weighted by Crippen LogP contribution is -2.46. The molecule has 0 saturated carbocycles. The molecule has 0 radical (unpaired) electrons. The van der Waals surface area contributed by atoms with Gasteiger partial charge in [0.05, 0.1) is 21.3 Å². The Morgan fingerprint density at radius 1 is 1.22 bits per heavy atom. The van der Waals surface area contributed by atoms with E-state index >= 15 is 0 Å². The van der Waals surface area contributed by atoms with Gasteiger partial charge in [0, 0.05) is 42.1 Å². The summed E-state index contributed by atoms with van der Waals surface area (Å²) < 4.78 is 7.99. The highest BCUT2D eigenvalue weighted by molar-refractivity contribution is 7.19. The summed E-state index contributed by atoms with van der Waals surface area (Å²) in [5, 5.41) is 17.6. The van der Waals surface area contributed by atoms with Crippen LogP contribution in [0.25, 0.3) is 21.5 Å². The fourth-order valence-corrected chi connectivity index (χ4v) is 5.75. The smallest absolute Gasteiger partial charge is 0.336 e. The molecule has 1 aliphatic rings. The first-order valence-electron chi connectivity index (χ1n) is 11.9. The van der Waals surface area contributed by atoms with E-state index < -0.39 is 5.97 Å². The van der Waals surface area contributed by atoms with Crippen LogP contribution in [0, 0.1) is 0 Å². The summed E-state index contributed by atoms with van der Waals surface area (Å²) in [4.78, 5) is 28.6. The van der Waals surface area contributed by atoms with Crippen molar-refractivity contribution in [3.05, 3.63) is 63.8 Å². The van der Waals surface area contributed by atoms with Gasteiger partial charge in [-0.05, 0) is 57.0 Å². The average Bonchev–Trinajstić information content (AvgIpc) is 3.58. The maximum Gasteiger partial charge on any atom is 0.336 e. The lowest BCUT2D eigenvalue weighted by atomic mass is 10.0. The lowest BCUT2D eigenvalue weighted by molar-refractivity contribution is 0.0698. The molecule has 0 aliphatic carbocycles. The molecule has 1 saturated heterocycles. The topological polar surface area (TPSA) is 101 Å². The number of hydrogen-bond donors (Lipinski definition) is 2. The second-order valence-corrected chi connectivity index (χ2v) is 11.0. The van der Waals surface area contributed by atoms with Crippen molar-refractivity contribution in [2.45, 2.75) is 45.3 Å². The van der Waals surface area contributed by atoms with Gasteiger partial charge < -0.3 is 24.4 Å². The van der Waals surface area contributed by atoms with Crippen molar-refractivity contribution in [3.8, 4) is 10.6 Å². The zero-order valence-electron chi connectivity index (χ0n) is 20.4. The summed E-state index contributed by atoms with van der Waals surface area (Å²) >= 11 is 7.45. The van der Waals surface area contributed by atoms with E-state index in [4.69, 9.17) is 16.1 Å². The van der Waals surface area contributed by atoms with Crippen LogP contribution >= 0.6 is 35.3 Å². The number of rotatable bonds is 7. The number of piperidine rings is 1. The quantitative estimate of drug-likeness (QED) is 0.296. The van der Waals surface area contributed by atoms with Crippen LogP contribution in [0.15, 0.2) is 47.0 Å². The van der Waals surface area contributed by atoms with Gasteiger partial charge >= 0.3 is 5.97 Å². The number of aromatic nitrogens is 2. The van der Waals surface area contributed by atoms with Crippen molar-refractivity contribution >= 4 is 58.1 Å². The van der Waals surface area contributed by atoms with Crippen LogP contribution in [0.5, 0.6) is 0 Å². The number of benzene rings is 1. The summed E-state index contributed by atoms with van der Waals surface area (Å²) in [6, 6.07) is 12.8. The Hall–Kier alpha value is -2.85. The Morgan fingerprint density at radius 2 is 1.97 bits per heavy atom. The Bertz CT molecular complexity index is 1420. The lowest BCUT2D eigenvalue weighted by Gasteiger charge is -2.34. The van der Waals surface area contributed by atoms with Crippen LogP contribution in [0.3, 0.4) is 0 Å². The highest BCUT2D eigenvalue weighted by atomic mass is 35.5. The Kier molecular flexibility index (Phi) is 8.28. The minimum atomic E-state index is -1.04. The van der Waals surface area contributed by atoms with E-state index in [0.29, 0.717) is 38.4 Å². The molecular weight excluding hydrogens is 535 g/mol. The number of carbonyl (C=O) groups excluding carboxylic acids is 1. The van der Waals surface area contributed by atoms with E-state index in [-0.39, 0.29) is 36.5 Å². The fraction of sp³-hybridized carbons (Fsp3) is 0.346. The van der Waals surface area contributed by atoms with Crippen molar-refractivity contribution in [2.24, 2.45) is 0 Å². The number of carboxylic acid groups (broad SMARTS) is 1. The molecule has 3 aromatic heterocycles. The number of nitrogens with one attached hydrogen (secondary N) is 1. The van der Waals surface area contributed by atoms with Crippen LogP contribution < -0.4 is 5.32 Å². The molecule has 196 valence electrons. The van der Waals surface area contributed by atoms with Crippen LogP contribution in [0.1, 0.15) is 53.2 Å². The molecule has 1 aliphatic heterocycles. The predicted octanol–water partition coefficient (Wildman–Crippen LogP) is 5.78. The van der Waals surface area contributed by atoms with Gasteiger partial charge in [-0.25, -0.2) is 4.79 Å². The standard InChI is InChI=1S/C26H27ClN4O4S.ClH/c1-15(2)30-10-8-16(9-11-30)28-25(32)21-13-19-18(26(33)34)4-3-5-20(19)31(21)14-17-12-22(35-29-17)23-6-7-24(27)36-23;/h3-7,12-13,15-16H,8-11,14H2,1-2H3,(H,28,32)(H,33,34);1H. The minimum Gasteiger partial charge on any atom is -0.478 e. The van der Waals surface area contributed by atoms with Gasteiger partial charge in [-0.3, -0.25) is 4.79 Å². The van der Waals surface area contributed by atoms with E-state index in [1.54, 1.807) is 24.3 Å². The number of hydrogen-bond acceptors (Lipinski definition) is 6. The number of nitrogens with zero attached hydrogens (tertiary/aromatic N) is 3. The molecule has 37 heavy (non-hydrogen) atoms. The van der Waals surface area contributed by atoms with Crippen molar-refractivity contribution < 1.29 is 19.2 Å². The average molecular weight is 564 g/mol. The van der Waals surface area contributed by atoms with Crippen molar-refractivity contribution in [3.63, 3.8) is 0 Å². The van der Waals surface area contributed by atoms with Gasteiger partial charge in [0.2, 0.25) is 0 Å². The molecule has 4 heterocycles. The van der Waals surface area contributed by atoms with E-state index in [9.17, 15) is 14.7 Å². The van der Waals surface area contributed by atoms with Gasteiger partial charge in [0.15, 0.2) is 5.76 Å². The molecule has 4 aromatic rings. The normalized spacial score (nSPS) is 14.7. The first-order chi connectivity index (χ1) is 17.3. The maximum absolute atomic E-state index is 13.5. The fourth-order valence-electron chi connectivity index (χ4n) is 4.76. The number of thiophene rings is 1. The zero-order valence-corrected chi connectivity index (χ0v) is 22.8. The van der Waals surface area contributed by atoms with E-state index in [0.717, 1.165) is 30.8 Å². The SMILES string of the molecule is CC(C)N1CCC(NC(=O)c2cc3c(C(=O)O)cccc3n2Cc2cc(-c3ccc(Cl)s3)on2)CC1.Cl. The highest BCUT2D eigenvalue weighted by Gasteiger charge is 2.25. The van der Waals surface area contributed by atoms with E-state index in [1.807, 2.05) is 22.8 Å². The molecule has 1 aromatic carbocycles. The molecule has 0 bridgehead atoms. The molecule has 1 fully saturated rings. The molecule has 2 N–H and O–H groups in total. The summed E-state index contributed by atoms with van der Waals surface area (Å²) in [5.41, 5.74) is 1.82. The first-order valence-corrected chi connectivity index (χ1v) is 13.1. The molecule has 0 unspecified atom stereocenters. The van der Waals surface area contributed by atoms with Crippen molar-refractivity contribution in [1.29, 1.82) is 0 Å². The molecule has 5 rings (SSSR count). The van der Waals surface area contributed by atoms with Crippen LogP contribution in [0.4, 0.5) is 0 Å². The predicted molar refractivity (Wildman–Crippen MR) is 147 cm³/mol. The Morgan fingerprint density at radius 3 is 2.62 bits per heavy atom. The number of halogens is 2. The largest absolute Gasteiger partial charge is 0.478 e. The number of carboxylic acids is 1. The van der Waals surface area contributed by atoms with Gasteiger partial charge in [-0.1, -0.05) is 22.8 Å². The van der Waals surface area contributed by atoms with Crippen LogP contribution in [-0.2, 0) is 6.54 Å². The highest BCUT2D eigenvalue weighted by Crippen LogP contribution is 2.32. The summed E-state index contributed by atoms with van der Waals surface area (Å²) in [7, 11) is 0. The van der Waals surface area contributed by atoms with Crippen molar-refractivity contribution in [1.82, 2.24) is 19.9 Å². The second kappa shape index (κ2) is 11.3. The van der Waals surface area contributed by atoms with Crippen molar-refractivity contribution in [2.75, 3.05) is 13.1 Å². The molecular formula is C26H28Cl2N4O4S. The third kappa shape index (κ3) is 5.70. The number of carbonyl (C=O) groups is 2. The maximum atomic E-state index is 13.5. The molecule has 8 nitrogen and oxygen atoms in total. The monoisotopic (exact) mass is 562 g/mol. The zero-order chi connectivity index (χ0) is 25.4. The number of likely N-dealkylation sites (tertiary alicyclic amines) is 1. The van der Waals surface area contributed by atoms with Gasteiger partial charge in [0.1, 0.15) is 11.4 Å². The molecule has 11 heteroatoms. The molecule has 0 atom stereocenters.